The molecule has 1 aliphatic heterocycles. The molecular weight excluding hydrogens is 300 g/mol. The van der Waals surface area contributed by atoms with Crippen molar-refractivity contribution in [2.24, 2.45) is 5.92 Å². The summed E-state index contributed by atoms with van der Waals surface area (Å²) in [6.07, 6.45) is 1.67. The Morgan fingerprint density at radius 3 is 2.50 bits per heavy atom. The van der Waals surface area contributed by atoms with E-state index in [-0.39, 0.29) is 17.7 Å². The molecule has 1 aliphatic rings. The van der Waals surface area contributed by atoms with E-state index in [4.69, 9.17) is 0 Å². The van der Waals surface area contributed by atoms with Gasteiger partial charge in [0.1, 0.15) is 0 Å². The maximum Gasteiger partial charge on any atom is 0.254 e. The molecule has 124 valence electrons. The lowest BCUT2D eigenvalue weighted by molar-refractivity contribution is -0.121. The fraction of sp³-hybridized carbons (Fsp3) is 0.300. The molecule has 2 aromatic carbocycles. The summed E-state index contributed by atoms with van der Waals surface area (Å²) in [5.41, 5.74) is 2.49. The zero-order valence-corrected chi connectivity index (χ0v) is 13.9. The number of hydrogen-bond acceptors (Lipinski definition) is 2. The van der Waals surface area contributed by atoms with Crippen LogP contribution in [-0.4, -0.2) is 29.8 Å². The number of hydrogen-bond donors (Lipinski definition) is 1. The van der Waals surface area contributed by atoms with Crippen LogP contribution in [0.25, 0.3) is 0 Å². The van der Waals surface area contributed by atoms with Gasteiger partial charge >= 0.3 is 0 Å². The fourth-order valence-electron chi connectivity index (χ4n) is 3.12. The van der Waals surface area contributed by atoms with Crippen LogP contribution in [-0.2, 0) is 4.79 Å². The van der Waals surface area contributed by atoms with E-state index in [0.29, 0.717) is 13.1 Å². The quantitative estimate of drug-likeness (QED) is 0.940. The second-order valence-corrected chi connectivity index (χ2v) is 6.26. The number of anilines is 1. The molecule has 0 spiro atoms. The predicted molar refractivity (Wildman–Crippen MR) is 94.9 cm³/mol. The zero-order valence-electron chi connectivity index (χ0n) is 13.9. The number of nitrogens with zero attached hydrogens (tertiary/aromatic N) is 1. The van der Waals surface area contributed by atoms with Gasteiger partial charge in [-0.2, -0.15) is 0 Å². The first-order valence-corrected chi connectivity index (χ1v) is 8.36. The molecule has 4 heteroatoms. The summed E-state index contributed by atoms with van der Waals surface area (Å²) in [6, 6.07) is 17.0. The zero-order chi connectivity index (χ0) is 16.9. The molecule has 1 heterocycles. The summed E-state index contributed by atoms with van der Waals surface area (Å²) in [5, 5.41) is 2.95. The SMILES string of the molecule is Cc1ccccc1C(=O)N1CCC[C@@H](C(=O)Nc2ccccc2)C1. The Morgan fingerprint density at radius 2 is 1.75 bits per heavy atom. The van der Waals surface area contributed by atoms with E-state index in [2.05, 4.69) is 5.32 Å². The summed E-state index contributed by atoms with van der Waals surface area (Å²) in [7, 11) is 0. The molecular formula is C20H22N2O2. The van der Waals surface area contributed by atoms with Crippen molar-refractivity contribution in [1.82, 2.24) is 4.90 Å². The molecule has 4 nitrogen and oxygen atoms in total. The van der Waals surface area contributed by atoms with Gasteiger partial charge in [-0.05, 0) is 43.5 Å². The Kier molecular flexibility index (Phi) is 4.94. The van der Waals surface area contributed by atoms with E-state index in [1.165, 1.54) is 0 Å². The number of benzene rings is 2. The predicted octanol–water partition coefficient (Wildman–Crippen LogP) is 3.49. The number of para-hydroxylation sites is 1. The highest BCUT2D eigenvalue weighted by Gasteiger charge is 2.29. The molecule has 2 amide bonds. The van der Waals surface area contributed by atoms with Crippen LogP contribution in [0.1, 0.15) is 28.8 Å². The summed E-state index contributed by atoms with van der Waals surface area (Å²) < 4.78 is 0. The summed E-state index contributed by atoms with van der Waals surface area (Å²) in [5.74, 6) is -0.152. The molecule has 0 aromatic heterocycles. The lowest BCUT2D eigenvalue weighted by Gasteiger charge is -2.32. The molecule has 1 fully saturated rings. The molecule has 0 bridgehead atoms. The van der Waals surface area contributed by atoms with Crippen LogP contribution >= 0.6 is 0 Å². The average molecular weight is 322 g/mol. The van der Waals surface area contributed by atoms with Crippen molar-refractivity contribution in [3.63, 3.8) is 0 Å². The van der Waals surface area contributed by atoms with Gasteiger partial charge in [0, 0.05) is 24.3 Å². The van der Waals surface area contributed by atoms with Gasteiger partial charge in [-0.25, -0.2) is 0 Å². The summed E-state index contributed by atoms with van der Waals surface area (Å²) in [6.45, 7) is 3.13. The molecule has 0 saturated carbocycles. The topological polar surface area (TPSA) is 49.4 Å². The first-order chi connectivity index (χ1) is 11.6. The Balaban J connectivity index is 1.67. The van der Waals surface area contributed by atoms with Crippen molar-refractivity contribution in [2.45, 2.75) is 19.8 Å². The molecule has 1 atom stereocenters. The van der Waals surface area contributed by atoms with E-state index < -0.39 is 0 Å². The number of likely N-dealkylation sites (tertiary alicyclic amines) is 1. The first-order valence-electron chi connectivity index (χ1n) is 8.36. The molecule has 24 heavy (non-hydrogen) atoms. The lowest BCUT2D eigenvalue weighted by Crippen LogP contribution is -2.44. The van der Waals surface area contributed by atoms with Gasteiger partial charge in [-0.15, -0.1) is 0 Å². The molecule has 0 unspecified atom stereocenters. The second kappa shape index (κ2) is 7.30. The minimum Gasteiger partial charge on any atom is -0.338 e. The fourth-order valence-corrected chi connectivity index (χ4v) is 3.12. The minimum absolute atomic E-state index is 0.0107. The van der Waals surface area contributed by atoms with Crippen molar-refractivity contribution in [3.05, 3.63) is 65.7 Å². The molecule has 1 N–H and O–H groups in total. The van der Waals surface area contributed by atoms with Crippen LogP contribution in [0, 0.1) is 12.8 Å². The van der Waals surface area contributed by atoms with Crippen molar-refractivity contribution in [3.8, 4) is 0 Å². The third-order valence-electron chi connectivity index (χ3n) is 4.50. The van der Waals surface area contributed by atoms with Crippen LogP contribution in [0.15, 0.2) is 54.6 Å². The Hall–Kier alpha value is -2.62. The number of piperidine rings is 1. The normalized spacial score (nSPS) is 17.4. The van der Waals surface area contributed by atoms with Crippen molar-refractivity contribution >= 4 is 17.5 Å². The molecule has 0 aliphatic carbocycles. The van der Waals surface area contributed by atoms with E-state index >= 15 is 0 Å². The summed E-state index contributed by atoms with van der Waals surface area (Å²) in [4.78, 5) is 27.0. The largest absolute Gasteiger partial charge is 0.338 e. The number of nitrogens with one attached hydrogen (secondary N) is 1. The number of rotatable bonds is 3. The van der Waals surface area contributed by atoms with Gasteiger partial charge in [0.2, 0.25) is 5.91 Å². The smallest absolute Gasteiger partial charge is 0.254 e. The van der Waals surface area contributed by atoms with Gasteiger partial charge < -0.3 is 10.2 Å². The minimum atomic E-state index is -0.160. The van der Waals surface area contributed by atoms with Crippen molar-refractivity contribution in [1.29, 1.82) is 0 Å². The van der Waals surface area contributed by atoms with Crippen LogP contribution < -0.4 is 5.32 Å². The molecule has 0 radical (unpaired) electrons. The van der Waals surface area contributed by atoms with Crippen molar-refractivity contribution in [2.75, 3.05) is 18.4 Å². The Morgan fingerprint density at radius 1 is 1.04 bits per heavy atom. The highest BCUT2D eigenvalue weighted by atomic mass is 16.2. The van der Waals surface area contributed by atoms with Gasteiger partial charge in [-0.1, -0.05) is 36.4 Å². The van der Waals surface area contributed by atoms with Gasteiger partial charge in [0.25, 0.3) is 5.91 Å². The maximum absolute atomic E-state index is 12.7. The van der Waals surface area contributed by atoms with Crippen LogP contribution in [0.3, 0.4) is 0 Å². The van der Waals surface area contributed by atoms with E-state index in [1.54, 1.807) is 4.90 Å². The maximum atomic E-state index is 12.7. The molecule has 2 aromatic rings. The third-order valence-corrected chi connectivity index (χ3v) is 4.50. The van der Waals surface area contributed by atoms with E-state index in [0.717, 1.165) is 29.7 Å². The van der Waals surface area contributed by atoms with E-state index in [9.17, 15) is 9.59 Å². The monoisotopic (exact) mass is 322 g/mol. The Labute approximate surface area is 142 Å². The Bertz CT molecular complexity index is 727. The molecule has 1 saturated heterocycles. The number of carbonyl (C=O) groups excluding carboxylic acids is 2. The number of aryl methyl sites for hydroxylation is 1. The number of amides is 2. The van der Waals surface area contributed by atoms with E-state index in [1.807, 2.05) is 61.5 Å². The van der Waals surface area contributed by atoms with Gasteiger partial charge in [0.15, 0.2) is 0 Å². The third kappa shape index (κ3) is 3.65. The van der Waals surface area contributed by atoms with Gasteiger partial charge in [-0.3, -0.25) is 9.59 Å². The van der Waals surface area contributed by atoms with Crippen LogP contribution in [0.4, 0.5) is 5.69 Å². The molecule has 3 rings (SSSR count). The van der Waals surface area contributed by atoms with Gasteiger partial charge in [0.05, 0.1) is 5.92 Å². The standard InChI is InChI=1S/C20H22N2O2/c1-15-8-5-6-12-18(15)20(24)22-13-7-9-16(14-22)19(23)21-17-10-3-2-4-11-17/h2-6,8,10-12,16H,7,9,13-14H2,1H3,(H,21,23)/t16-/m1/s1. The van der Waals surface area contributed by atoms with Crippen LogP contribution in [0.5, 0.6) is 0 Å². The number of carbonyl (C=O) groups is 2. The highest BCUT2D eigenvalue weighted by molar-refractivity contribution is 5.97. The summed E-state index contributed by atoms with van der Waals surface area (Å²) >= 11 is 0. The van der Waals surface area contributed by atoms with Crippen molar-refractivity contribution < 1.29 is 9.59 Å². The average Bonchev–Trinajstić information content (AvgIpc) is 2.62. The highest BCUT2D eigenvalue weighted by Crippen LogP contribution is 2.21. The van der Waals surface area contributed by atoms with Crippen LogP contribution in [0.2, 0.25) is 0 Å². The second-order valence-electron chi connectivity index (χ2n) is 6.26. The lowest BCUT2D eigenvalue weighted by atomic mass is 9.96. The first kappa shape index (κ1) is 16.2.